The molecule has 132 valence electrons. The van der Waals surface area contributed by atoms with Crippen molar-refractivity contribution in [3.8, 4) is 11.3 Å². The Balaban J connectivity index is 1.69. The topological polar surface area (TPSA) is 71.1 Å². The van der Waals surface area contributed by atoms with Crippen molar-refractivity contribution >= 4 is 45.7 Å². The first-order valence-corrected chi connectivity index (χ1v) is 9.94. The highest BCUT2D eigenvalue weighted by atomic mass is 32.2. The van der Waals surface area contributed by atoms with Crippen molar-refractivity contribution in [2.24, 2.45) is 0 Å². The molecule has 2 aromatic carbocycles. The second-order valence-corrected chi connectivity index (χ2v) is 7.22. The van der Waals surface area contributed by atoms with E-state index in [0.717, 1.165) is 21.8 Å². The standard InChI is InChI=1S/C19H17N3O2S2/c1-12(23)20-15-7-3-13(4-8-15)17-11-26-19(21-17)22-18(24)14-5-9-16(25-2)10-6-14/h3-11H,1-2H3,(H,20,23)(H,21,22,24). The van der Waals surface area contributed by atoms with Crippen molar-refractivity contribution in [1.82, 2.24) is 4.98 Å². The zero-order valence-electron chi connectivity index (χ0n) is 14.3. The van der Waals surface area contributed by atoms with E-state index in [9.17, 15) is 9.59 Å². The van der Waals surface area contributed by atoms with Gasteiger partial charge in [-0.25, -0.2) is 4.98 Å². The summed E-state index contributed by atoms with van der Waals surface area (Å²) < 4.78 is 0. The van der Waals surface area contributed by atoms with Crippen LogP contribution in [0.15, 0.2) is 58.8 Å². The SMILES string of the molecule is CSc1ccc(C(=O)Nc2nc(-c3ccc(NC(C)=O)cc3)cs2)cc1. The van der Waals surface area contributed by atoms with E-state index in [1.807, 2.05) is 48.0 Å². The number of carbonyl (C=O) groups is 2. The predicted molar refractivity (Wildman–Crippen MR) is 108 cm³/mol. The molecule has 0 saturated heterocycles. The van der Waals surface area contributed by atoms with Gasteiger partial charge in [0.25, 0.3) is 5.91 Å². The van der Waals surface area contributed by atoms with E-state index < -0.39 is 0 Å². The van der Waals surface area contributed by atoms with Crippen LogP contribution < -0.4 is 10.6 Å². The zero-order chi connectivity index (χ0) is 18.5. The molecule has 0 aliphatic heterocycles. The number of thioether (sulfide) groups is 1. The third-order valence-corrected chi connectivity index (χ3v) is 5.08. The van der Waals surface area contributed by atoms with Gasteiger partial charge in [-0.3, -0.25) is 14.9 Å². The molecule has 0 fully saturated rings. The number of aromatic nitrogens is 1. The van der Waals surface area contributed by atoms with Gasteiger partial charge in [-0.2, -0.15) is 0 Å². The van der Waals surface area contributed by atoms with Crippen LogP contribution >= 0.6 is 23.1 Å². The number of carbonyl (C=O) groups excluding carboxylic acids is 2. The number of hydrogen-bond donors (Lipinski definition) is 2. The molecule has 1 aromatic heterocycles. The normalized spacial score (nSPS) is 10.4. The lowest BCUT2D eigenvalue weighted by atomic mass is 10.1. The number of anilines is 2. The van der Waals surface area contributed by atoms with Crippen molar-refractivity contribution in [2.75, 3.05) is 16.9 Å². The predicted octanol–water partition coefficient (Wildman–Crippen LogP) is 4.74. The number of benzene rings is 2. The molecule has 0 unspecified atom stereocenters. The highest BCUT2D eigenvalue weighted by molar-refractivity contribution is 7.98. The van der Waals surface area contributed by atoms with Crippen molar-refractivity contribution in [3.05, 3.63) is 59.5 Å². The average Bonchev–Trinajstić information content (AvgIpc) is 3.10. The van der Waals surface area contributed by atoms with Gasteiger partial charge in [-0.1, -0.05) is 12.1 Å². The molecule has 0 atom stereocenters. The average molecular weight is 383 g/mol. The number of rotatable bonds is 5. The molecule has 3 aromatic rings. The van der Waals surface area contributed by atoms with Gasteiger partial charge in [0.1, 0.15) is 0 Å². The van der Waals surface area contributed by atoms with Crippen LogP contribution in [0.5, 0.6) is 0 Å². The smallest absolute Gasteiger partial charge is 0.257 e. The van der Waals surface area contributed by atoms with Crippen molar-refractivity contribution in [2.45, 2.75) is 11.8 Å². The molecule has 26 heavy (non-hydrogen) atoms. The second-order valence-electron chi connectivity index (χ2n) is 5.48. The highest BCUT2D eigenvalue weighted by Crippen LogP contribution is 2.26. The van der Waals surface area contributed by atoms with Crippen LogP contribution in [0.4, 0.5) is 10.8 Å². The highest BCUT2D eigenvalue weighted by Gasteiger charge is 2.10. The van der Waals surface area contributed by atoms with Crippen LogP contribution in [-0.2, 0) is 4.79 Å². The Labute approximate surface area is 159 Å². The summed E-state index contributed by atoms with van der Waals surface area (Å²) in [4.78, 5) is 29.0. The van der Waals surface area contributed by atoms with Crippen molar-refractivity contribution in [1.29, 1.82) is 0 Å². The minimum absolute atomic E-state index is 0.109. The summed E-state index contributed by atoms with van der Waals surface area (Å²) in [5.74, 6) is -0.290. The van der Waals surface area contributed by atoms with Gasteiger partial charge in [0.05, 0.1) is 5.69 Å². The summed E-state index contributed by atoms with van der Waals surface area (Å²) in [5.41, 5.74) is 3.02. The van der Waals surface area contributed by atoms with Gasteiger partial charge in [0.2, 0.25) is 5.91 Å². The summed E-state index contributed by atoms with van der Waals surface area (Å²) in [6.45, 7) is 1.47. The fourth-order valence-electron chi connectivity index (χ4n) is 2.30. The molecule has 5 nitrogen and oxygen atoms in total. The van der Waals surface area contributed by atoms with Crippen LogP contribution in [0.3, 0.4) is 0 Å². The minimum atomic E-state index is -0.181. The Morgan fingerprint density at radius 2 is 1.69 bits per heavy atom. The van der Waals surface area contributed by atoms with E-state index >= 15 is 0 Å². The van der Waals surface area contributed by atoms with E-state index in [1.54, 1.807) is 23.9 Å². The molecule has 2 amide bonds. The molecule has 2 N–H and O–H groups in total. The lowest BCUT2D eigenvalue weighted by molar-refractivity contribution is -0.114. The molecule has 0 aliphatic carbocycles. The van der Waals surface area contributed by atoms with Gasteiger partial charge < -0.3 is 5.32 Å². The summed E-state index contributed by atoms with van der Waals surface area (Å²) in [6.07, 6.45) is 1.99. The van der Waals surface area contributed by atoms with Crippen LogP contribution in [0.1, 0.15) is 17.3 Å². The maximum atomic E-state index is 12.3. The van der Waals surface area contributed by atoms with Crippen LogP contribution in [-0.4, -0.2) is 23.1 Å². The number of amides is 2. The molecule has 7 heteroatoms. The molecular formula is C19H17N3O2S2. The van der Waals surface area contributed by atoms with E-state index in [0.29, 0.717) is 10.7 Å². The van der Waals surface area contributed by atoms with Crippen LogP contribution in [0.2, 0.25) is 0 Å². The van der Waals surface area contributed by atoms with Gasteiger partial charge in [-0.15, -0.1) is 23.1 Å². The fraction of sp³-hybridized carbons (Fsp3) is 0.105. The molecular weight excluding hydrogens is 366 g/mol. The summed E-state index contributed by atoms with van der Waals surface area (Å²) in [7, 11) is 0. The fourth-order valence-corrected chi connectivity index (χ4v) is 3.43. The van der Waals surface area contributed by atoms with Gasteiger partial charge in [0, 0.05) is 34.0 Å². The third-order valence-electron chi connectivity index (χ3n) is 3.58. The lowest BCUT2D eigenvalue weighted by Crippen LogP contribution is -2.11. The van der Waals surface area contributed by atoms with Crippen LogP contribution in [0, 0.1) is 0 Å². The number of hydrogen-bond acceptors (Lipinski definition) is 5. The molecule has 0 spiro atoms. The Kier molecular flexibility index (Phi) is 5.70. The summed E-state index contributed by atoms with van der Waals surface area (Å²) in [6, 6.07) is 14.9. The van der Waals surface area contributed by atoms with E-state index in [-0.39, 0.29) is 11.8 Å². The molecule has 0 aliphatic rings. The minimum Gasteiger partial charge on any atom is -0.326 e. The first-order chi connectivity index (χ1) is 12.5. The number of nitrogens with zero attached hydrogens (tertiary/aromatic N) is 1. The van der Waals surface area contributed by atoms with E-state index in [2.05, 4.69) is 15.6 Å². The Morgan fingerprint density at radius 1 is 1.00 bits per heavy atom. The van der Waals surface area contributed by atoms with E-state index in [4.69, 9.17) is 0 Å². The maximum Gasteiger partial charge on any atom is 0.257 e. The summed E-state index contributed by atoms with van der Waals surface area (Å²) in [5, 5.41) is 7.99. The molecule has 3 rings (SSSR count). The van der Waals surface area contributed by atoms with Crippen LogP contribution in [0.25, 0.3) is 11.3 Å². The van der Waals surface area contributed by atoms with Crippen molar-refractivity contribution in [3.63, 3.8) is 0 Å². The Bertz CT molecular complexity index is 919. The largest absolute Gasteiger partial charge is 0.326 e. The van der Waals surface area contributed by atoms with Crippen molar-refractivity contribution < 1.29 is 9.59 Å². The molecule has 0 bridgehead atoms. The maximum absolute atomic E-state index is 12.3. The first kappa shape index (κ1) is 18.2. The summed E-state index contributed by atoms with van der Waals surface area (Å²) >= 11 is 3.01. The Morgan fingerprint density at radius 3 is 2.31 bits per heavy atom. The zero-order valence-corrected chi connectivity index (χ0v) is 15.9. The third kappa shape index (κ3) is 4.50. The van der Waals surface area contributed by atoms with Gasteiger partial charge in [0.15, 0.2) is 5.13 Å². The molecule has 0 saturated carbocycles. The molecule has 0 radical (unpaired) electrons. The first-order valence-electron chi connectivity index (χ1n) is 7.84. The monoisotopic (exact) mass is 383 g/mol. The number of thiazole rings is 1. The number of nitrogens with one attached hydrogen (secondary N) is 2. The molecule has 1 heterocycles. The van der Waals surface area contributed by atoms with Gasteiger partial charge >= 0.3 is 0 Å². The van der Waals surface area contributed by atoms with E-state index in [1.165, 1.54) is 18.3 Å². The Hall–Kier alpha value is -2.64. The van der Waals surface area contributed by atoms with Gasteiger partial charge in [-0.05, 0) is 42.7 Å². The lowest BCUT2D eigenvalue weighted by Gasteiger charge is -2.03. The quantitative estimate of drug-likeness (QED) is 0.624. The second kappa shape index (κ2) is 8.16.